The average molecular weight is 469 g/mol. The third-order valence-electron chi connectivity index (χ3n) is 3.68. The highest BCUT2D eigenvalue weighted by molar-refractivity contribution is 7.90. The number of sulfonamides is 1. The first kappa shape index (κ1) is 22.3. The normalized spacial score (nSPS) is 14.4. The number of carbonyl (C=O) groups is 1. The van der Waals surface area contributed by atoms with Crippen molar-refractivity contribution in [3.05, 3.63) is 52.1 Å². The summed E-state index contributed by atoms with van der Waals surface area (Å²) in [4.78, 5) is 12.8. The zero-order valence-electron chi connectivity index (χ0n) is 16.9. The van der Waals surface area contributed by atoms with Crippen molar-refractivity contribution in [2.75, 3.05) is 25.6 Å². The van der Waals surface area contributed by atoms with Crippen LogP contribution in [-0.2, 0) is 24.2 Å². The largest absolute Gasteiger partial charge is 0.478 e. The van der Waals surface area contributed by atoms with Crippen LogP contribution in [0.4, 0.5) is 0 Å². The van der Waals surface area contributed by atoms with Crippen LogP contribution in [0.5, 0.6) is 0 Å². The quantitative estimate of drug-likeness (QED) is 0.582. The molecule has 0 amide bonds. The summed E-state index contributed by atoms with van der Waals surface area (Å²) in [5.41, 5.74) is 4.09. The third-order valence-corrected chi connectivity index (χ3v) is 5.79. The van der Waals surface area contributed by atoms with Gasteiger partial charge in [-0.1, -0.05) is 33.8 Å². The average Bonchev–Trinajstić information content (AvgIpc) is 3.21. The Morgan fingerprint density at radius 1 is 1.23 bits per heavy atom. The van der Waals surface area contributed by atoms with Crippen LogP contribution in [0.1, 0.15) is 24.2 Å². The highest BCUT2D eigenvalue weighted by Gasteiger charge is 2.24. The lowest BCUT2D eigenvalue weighted by Gasteiger charge is -2.25. The summed E-state index contributed by atoms with van der Waals surface area (Å²) in [5.74, 6) is -0.233. The Morgan fingerprint density at radius 3 is 2.68 bits per heavy atom. The lowest BCUT2D eigenvalue weighted by atomic mass is 10.2. The van der Waals surface area contributed by atoms with Crippen LogP contribution in [0.25, 0.3) is 0 Å². The van der Waals surface area contributed by atoms with Crippen LogP contribution in [-0.4, -0.2) is 50.5 Å². The Morgan fingerprint density at radius 2 is 1.97 bits per heavy atom. The van der Waals surface area contributed by atoms with Gasteiger partial charge in [0, 0.05) is 0 Å². The molecule has 0 bridgehead atoms. The number of hydrazone groups is 1. The number of ether oxygens (including phenoxy) is 3. The first-order valence-electron chi connectivity index (χ1n) is 9.03. The van der Waals surface area contributed by atoms with Gasteiger partial charge in [-0.3, -0.25) is 0 Å². The fourth-order valence-corrected chi connectivity index (χ4v) is 4.42. The van der Waals surface area contributed by atoms with Crippen LogP contribution in [0.2, 0.25) is 0 Å². The van der Waals surface area contributed by atoms with E-state index in [1.54, 1.807) is 19.9 Å². The summed E-state index contributed by atoms with van der Waals surface area (Å²) in [6, 6.07) is 5.64. The van der Waals surface area contributed by atoms with E-state index >= 15 is 0 Å². The summed E-state index contributed by atoms with van der Waals surface area (Å²) in [6.45, 7) is 4.34. The maximum Gasteiger partial charge on any atom is 0.339 e. The molecule has 1 aromatic carbocycles. The van der Waals surface area contributed by atoms with Gasteiger partial charge < -0.3 is 14.2 Å². The van der Waals surface area contributed by atoms with Gasteiger partial charge in [-0.2, -0.15) is 8.42 Å². The summed E-state index contributed by atoms with van der Waals surface area (Å²) < 4.78 is 45.3. The van der Waals surface area contributed by atoms with Crippen LogP contribution in [0.3, 0.4) is 0 Å². The molecule has 1 aliphatic rings. The first-order chi connectivity index (χ1) is 14.9. The maximum absolute atomic E-state index is 13.0. The van der Waals surface area contributed by atoms with Gasteiger partial charge in [-0.25, -0.2) is 10.2 Å². The van der Waals surface area contributed by atoms with Gasteiger partial charge in [-0.15, -0.1) is 14.3 Å². The van der Waals surface area contributed by atoms with Crippen LogP contribution >= 0.6 is 11.3 Å². The van der Waals surface area contributed by atoms with Gasteiger partial charge in [0.2, 0.25) is 16.6 Å². The van der Waals surface area contributed by atoms with Gasteiger partial charge in [0.1, 0.15) is 10.4 Å². The zero-order valence-corrected chi connectivity index (χ0v) is 18.5. The molecule has 3 rings (SSSR count). The number of rotatable bonds is 7. The van der Waals surface area contributed by atoms with Gasteiger partial charge in [0.05, 0.1) is 32.0 Å². The van der Waals surface area contributed by atoms with E-state index in [1.807, 2.05) is 0 Å². The van der Waals surface area contributed by atoms with Gasteiger partial charge in [-0.05, 0) is 26.0 Å². The van der Waals surface area contributed by atoms with E-state index in [4.69, 9.17) is 9.47 Å². The molecule has 2 aromatic rings. The van der Waals surface area contributed by atoms with Gasteiger partial charge in [0.25, 0.3) is 10.0 Å². The Bertz CT molecular complexity index is 1180. The number of aromatic nitrogens is 2. The molecule has 12 nitrogen and oxygen atoms in total. The van der Waals surface area contributed by atoms with E-state index in [9.17, 15) is 13.2 Å². The van der Waals surface area contributed by atoms with E-state index in [2.05, 4.69) is 24.8 Å². The standard InChI is InChI=1S/C17H20N6O6S2/c1-4-28-14-10-15(29-5-2)20-23(19-14)22-17(30-11-18-22)21-31(25,26)13-9-7-6-8-12(13)16(24)27-3/h6-11,19H,4-5H2,1-3H3. The number of hydrogen-bond donors (Lipinski definition) is 1. The molecule has 0 atom stereocenters. The van der Waals surface area contributed by atoms with E-state index in [0.717, 1.165) is 21.4 Å². The Hall–Kier alpha value is -3.39. The van der Waals surface area contributed by atoms with Crippen LogP contribution in [0, 0.1) is 0 Å². The molecule has 14 heteroatoms. The van der Waals surface area contributed by atoms with E-state index in [-0.39, 0.29) is 21.2 Å². The van der Waals surface area contributed by atoms with Crippen molar-refractivity contribution in [1.82, 2.24) is 15.3 Å². The molecule has 166 valence electrons. The molecule has 1 N–H and O–H groups in total. The molecule has 0 saturated heterocycles. The molecule has 1 aliphatic heterocycles. The molecular weight excluding hydrogens is 448 g/mol. The molecule has 0 radical (unpaired) electrons. The fourth-order valence-electron chi connectivity index (χ4n) is 2.45. The number of benzene rings is 1. The van der Waals surface area contributed by atoms with Crippen LogP contribution in [0.15, 0.2) is 56.1 Å². The lowest BCUT2D eigenvalue weighted by Crippen LogP contribution is -2.50. The number of carbonyl (C=O) groups excluding carboxylic acids is 1. The number of nitrogens with zero attached hydrogens (tertiary/aromatic N) is 5. The monoisotopic (exact) mass is 468 g/mol. The van der Waals surface area contributed by atoms with Crippen molar-refractivity contribution < 1.29 is 27.4 Å². The van der Waals surface area contributed by atoms with Crippen molar-refractivity contribution in [3.63, 3.8) is 0 Å². The van der Waals surface area contributed by atoms with Crippen LogP contribution < -0.4 is 15.5 Å². The molecule has 2 heterocycles. The summed E-state index contributed by atoms with van der Waals surface area (Å²) >= 11 is 0.952. The van der Waals surface area contributed by atoms with Gasteiger partial charge in [0.15, 0.2) is 0 Å². The predicted octanol–water partition coefficient (Wildman–Crippen LogP) is 0.705. The number of esters is 1. The van der Waals surface area contributed by atoms with Crippen molar-refractivity contribution >= 4 is 33.2 Å². The van der Waals surface area contributed by atoms with Crippen molar-refractivity contribution in [2.45, 2.75) is 18.7 Å². The minimum atomic E-state index is -4.28. The van der Waals surface area contributed by atoms with E-state index < -0.39 is 16.0 Å². The number of hydrogen-bond acceptors (Lipinski definition) is 11. The van der Waals surface area contributed by atoms with Crippen molar-refractivity contribution in [1.29, 1.82) is 0 Å². The van der Waals surface area contributed by atoms with Crippen molar-refractivity contribution in [3.8, 4) is 0 Å². The Balaban J connectivity index is 2.04. The maximum atomic E-state index is 13.0. The molecule has 31 heavy (non-hydrogen) atoms. The molecule has 0 spiro atoms. The minimum absolute atomic E-state index is 0.0375. The fraction of sp³-hybridized carbons (Fsp3) is 0.294. The Kier molecular flexibility index (Phi) is 6.91. The summed E-state index contributed by atoms with van der Waals surface area (Å²) in [7, 11) is -3.12. The number of nitrogens with one attached hydrogen (secondary N) is 1. The summed E-state index contributed by atoms with van der Waals surface area (Å²) in [5, 5.41) is 9.42. The SMILES string of the molecule is CCOC1=CC(OCC)=NN(n2ncsc2=NS(=O)(=O)c2ccccc2C(=O)OC)N1. The van der Waals surface area contributed by atoms with Crippen molar-refractivity contribution in [2.24, 2.45) is 9.50 Å². The Labute approximate surface area is 182 Å². The minimum Gasteiger partial charge on any atom is -0.478 e. The number of methoxy groups -OCH3 is 1. The number of hydrazine groups is 1. The highest BCUT2D eigenvalue weighted by Crippen LogP contribution is 2.18. The topological polar surface area (TPSA) is 137 Å². The molecular formula is C17H20N6O6S2. The third kappa shape index (κ3) is 5.03. The predicted molar refractivity (Wildman–Crippen MR) is 111 cm³/mol. The van der Waals surface area contributed by atoms with E-state index in [0.29, 0.717) is 19.1 Å². The molecule has 1 aromatic heterocycles. The zero-order chi connectivity index (χ0) is 22.4. The van der Waals surface area contributed by atoms with E-state index in [1.165, 1.54) is 36.9 Å². The van der Waals surface area contributed by atoms with Gasteiger partial charge >= 0.3 is 5.97 Å². The highest BCUT2D eigenvalue weighted by atomic mass is 32.2. The second kappa shape index (κ2) is 9.61. The molecule has 0 fully saturated rings. The molecule has 0 unspecified atom stereocenters. The molecule has 0 aliphatic carbocycles. The smallest absolute Gasteiger partial charge is 0.339 e. The second-order valence-electron chi connectivity index (χ2n) is 5.68. The first-order valence-corrected chi connectivity index (χ1v) is 11.4. The second-order valence-corrected chi connectivity index (χ2v) is 8.06. The molecule has 0 saturated carbocycles. The summed E-state index contributed by atoms with van der Waals surface area (Å²) in [6.07, 6.45) is 1.55. The lowest BCUT2D eigenvalue weighted by molar-refractivity contribution is 0.0596.